The van der Waals surface area contributed by atoms with Gasteiger partial charge in [-0.15, -0.1) is 11.3 Å². The van der Waals surface area contributed by atoms with Gasteiger partial charge in [-0.1, -0.05) is 30.0 Å². The molecule has 1 aliphatic heterocycles. The highest BCUT2D eigenvalue weighted by Gasteiger charge is 2.21. The highest BCUT2D eigenvalue weighted by molar-refractivity contribution is 8.13. The quantitative estimate of drug-likeness (QED) is 0.428. The first-order chi connectivity index (χ1) is 18.4. The molecule has 2 aromatic heterocycles. The number of amides is 2. The molecule has 0 saturated heterocycles. The summed E-state index contributed by atoms with van der Waals surface area (Å²) in [5.41, 5.74) is 0.535. The first kappa shape index (κ1) is 27.6. The van der Waals surface area contributed by atoms with Crippen molar-refractivity contribution in [3.63, 3.8) is 0 Å². The zero-order chi connectivity index (χ0) is 26.9. The van der Waals surface area contributed by atoms with Crippen molar-refractivity contribution in [1.82, 2.24) is 15.3 Å². The molecule has 2 unspecified atom stereocenters. The lowest BCUT2D eigenvalue weighted by atomic mass is 10.2. The minimum absolute atomic E-state index is 0.0114. The van der Waals surface area contributed by atoms with Crippen LogP contribution in [-0.2, 0) is 4.74 Å². The Hall–Kier alpha value is -3.42. The Morgan fingerprint density at radius 1 is 1.13 bits per heavy atom. The van der Waals surface area contributed by atoms with E-state index in [9.17, 15) is 18.4 Å². The predicted octanol–water partition coefficient (Wildman–Crippen LogP) is 5.15. The zero-order valence-electron chi connectivity index (χ0n) is 20.3. The molecule has 9 nitrogen and oxygen atoms in total. The van der Waals surface area contributed by atoms with Gasteiger partial charge in [0.15, 0.2) is 5.17 Å². The van der Waals surface area contributed by atoms with E-state index >= 15 is 0 Å². The lowest BCUT2D eigenvalue weighted by molar-refractivity contribution is -0.0500. The minimum Gasteiger partial charge on any atom is -0.433 e. The zero-order valence-corrected chi connectivity index (χ0v) is 21.9. The molecule has 3 heterocycles. The summed E-state index contributed by atoms with van der Waals surface area (Å²) in [6.07, 6.45) is 2.86. The Morgan fingerprint density at radius 3 is 2.68 bits per heavy atom. The van der Waals surface area contributed by atoms with Crippen LogP contribution in [0.2, 0.25) is 0 Å². The van der Waals surface area contributed by atoms with Gasteiger partial charge in [-0.05, 0) is 44.0 Å². The number of pyridine rings is 1. The maximum absolute atomic E-state index is 12.7. The number of ether oxygens (including phenoxy) is 2. The number of alkyl halides is 2. The topological polar surface area (TPSA) is 115 Å². The fourth-order valence-corrected chi connectivity index (χ4v) is 5.06. The number of thioether (sulfide) groups is 1. The number of nitrogens with one attached hydrogen (secondary N) is 2. The van der Waals surface area contributed by atoms with Crippen LogP contribution in [0.5, 0.6) is 5.75 Å². The molecule has 3 aromatic rings. The third-order valence-electron chi connectivity index (χ3n) is 5.30. The van der Waals surface area contributed by atoms with Crippen molar-refractivity contribution in [2.75, 3.05) is 17.7 Å². The van der Waals surface area contributed by atoms with Crippen molar-refractivity contribution in [2.45, 2.75) is 38.5 Å². The molecule has 2 N–H and O–H groups in total. The molecular weight excluding hydrogens is 536 g/mol. The highest BCUT2D eigenvalue weighted by Crippen LogP contribution is 2.28. The van der Waals surface area contributed by atoms with Crippen molar-refractivity contribution in [3.05, 3.63) is 70.3 Å². The highest BCUT2D eigenvalue weighted by atomic mass is 32.2. The third-order valence-corrected chi connectivity index (χ3v) is 7.22. The summed E-state index contributed by atoms with van der Waals surface area (Å²) in [7, 11) is 0. The molecule has 1 aliphatic rings. The van der Waals surface area contributed by atoms with Crippen LogP contribution in [0.4, 0.5) is 14.6 Å². The molecular formula is C25H25F2N5O4S2. The lowest BCUT2D eigenvalue weighted by Gasteiger charge is -2.20. The number of carbonyl (C=O) groups excluding carboxylic acids is 2. The van der Waals surface area contributed by atoms with Crippen LogP contribution in [0.15, 0.2) is 59.0 Å². The summed E-state index contributed by atoms with van der Waals surface area (Å²) in [5, 5.41) is 8.27. The number of aliphatic imine (C=N–C) groups is 1. The van der Waals surface area contributed by atoms with E-state index in [0.717, 1.165) is 24.8 Å². The number of benzene rings is 1. The normalized spacial score (nSPS) is 18.4. The number of halogens is 2. The number of thiazole rings is 1. The Bertz CT molecular complexity index is 1260. The van der Waals surface area contributed by atoms with Gasteiger partial charge in [-0.2, -0.15) is 8.78 Å². The molecule has 38 heavy (non-hydrogen) atoms. The fraction of sp³-hybridized carbons (Fsp3) is 0.320. The summed E-state index contributed by atoms with van der Waals surface area (Å²) >= 11 is 2.76. The first-order valence-corrected chi connectivity index (χ1v) is 13.6. The second-order valence-corrected chi connectivity index (χ2v) is 10.2. The molecule has 13 heteroatoms. The Kier molecular flexibility index (Phi) is 9.73. The van der Waals surface area contributed by atoms with Gasteiger partial charge in [0, 0.05) is 16.7 Å². The molecule has 0 fully saturated rings. The first-order valence-electron chi connectivity index (χ1n) is 11.7. The Morgan fingerprint density at radius 2 is 1.95 bits per heavy atom. The van der Waals surface area contributed by atoms with Gasteiger partial charge in [-0.25, -0.2) is 15.0 Å². The van der Waals surface area contributed by atoms with Crippen LogP contribution < -0.4 is 15.4 Å². The molecule has 4 rings (SSSR count). The summed E-state index contributed by atoms with van der Waals surface area (Å²) in [4.78, 5) is 38.4. The van der Waals surface area contributed by atoms with Crippen molar-refractivity contribution in [3.8, 4) is 5.75 Å². The van der Waals surface area contributed by atoms with Crippen LogP contribution in [0.1, 0.15) is 51.7 Å². The number of hydrogen-bond donors (Lipinski definition) is 2. The standard InChI is InChI=1S/C25H25F2N5O4S2/c1-15-6-5-11-37-25(32-21(33)16-7-3-2-4-8-16)29-19(13-35-15)23-31-20(14-38-23)30-22(34)18-10-9-17(12-28-18)36-24(26)27/h2-4,7-10,12,14-15,19,24H,5-6,11,13H2,1H3,(H,30,34)(H,29,32,33). The van der Waals surface area contributed by atoms with Crippen molar-refractivity contribution in [1.29, 1.82) is 0 Å². The summed E-state index contributed by atoms with van der Waals surface area (Å²) < 4.78 is 34.9. The van der Waals surface area contributed by atoms with E-state index in [4.69, 9.17) is 9.73 Å². The monoisotopic (exact) mass is 561 g/mol. The van der Waals surface area contributed by atoms with Gasteiger partial charge >= 0.3 is 6.61 Å². The summed E-state index contributed by atoms with van der Waals surface area (Å²) in [6, 6.07) is 10.9. The van der Waals surface area contributed by atoms with E-state index in [2.05, 4.69) is 25.3 Å². The van der Waals surface area contributed by atoms with Crippen LogP contribution in [0, 0.1) is 0 Å². The second-order valence-electron chi connectivity index (χ2n) is 8.19. The Labute approximate surface area is 226 Å². The van der Waals surface area contributed by atoms with Crippen molar-refractivity contribution < 1.29 is 27.8 Å². The van der Waals surface area contributed by atoms with Crippen LogP contribution >= 0.6 is 23.1 Å². The molecule has 0 bridgehead atoms. The van der Waals surface area contributed by atoms with E-state index in [1.165, 1.54) is 35.2 Å². The number of rotatable bonds is 6. The Balaban J connectivity index is 1.49. The molecule has 0 aliphatic carbocycles. The van der Waals surface area contributed by atoms with Crippen molar-refractivity contribution >= 4 is 45.9 Å². The number of carbonyl (C=O) groups is 2. The molecule has 2 amide bonds. The van der Waals surface area contributed by atoms with Gasteiger partial charge in [0.05, 0.1) is 18.9 Å². The van der Waals surface area contributed by atoms with Gasteiger partial charge in [-0.3, -0.25) is 9.59 Å². The smallest absolute Gasteiger partial charge is 0.387 e. The van der Waals surface area contributed by atoms with E-state index in [0.29, 0.717) is 15.7 Å². The number of nitrogens with zero attached hydrogens (tertiary/aromatic N) is 3. The minimum atomic E-state index is -2.98. The number of amidine groups is 1. The summed E-state index contributed by atoms with van der Waals surface area (Å²) in [6.45, 7) is -0.726. The van der Waals surface area contributed by atoms with Crippen molar-refractivity contribution in [2.24, 2.45) is 4.99 Å². The molecule has 0 spiro atoms. The van der Waals surface area contributed by atoms with Crippen LogP contribution in [0.25, 0.3) is 0 Å². The SMILES string of the molecule is CC1CCCSC(NC(=O)c2ccccc2)=NC(c2nc(NC(=O)c3ccc(OC(F)F)cn3)cs2)CO1. The number of aromatic nitrogens is 2. The molecule has 1 aromatic carbocycles. The fourth-order valence-electron chi connectivity index (χ4n) is 3.41. The van der Waals surface area contributed by atoms with E-state index in [1.807, 2.05) is 13.0 Å². The van der Waals surface area contributed by atoms with E-state index in [-0.39, 0.29) is 35.9 Å². The maximum atomic E-state index is 12.7. The van der Waals surface area contributed by atoms with Gasteiger partial charge in [0.1, 0.15) is 28.3 Å². The second kappa shape index (κ2) is 13.4. The largest absolute Gasteiger partial charge is 0.433 e. The maximum Gasteiger partial charge on any atom is 0.387 e. The third kappa shape index (κ3) is 8.04. The van der Waals surface area contributed by atoms with Crippen LogP contribution in [0.3, 0.4) is 0 Å². The summed E-state index contributed by atoms with van der Waals surface area (Å²) in [5.74, 6) is 0.0839. The van der Waals surface area contributed by atoms with Crippen LogP contribution in [-0.4, -0.2) is 52.0 Å². The van der Waals surface area contributed by atoms with Gasteiger partial charge in [0.2, 0.25) is 0 Å². The molecule has 0 saturated carbocycles. The number of anilines is 1. The average Bonchev–Trinajstić information content (AvgIpc) is 3.37. The molecule has 2 atom stereocenters. The number of hydrogen-bond acceptors (Lipinski definition) is 9. The predicted molar refractivity (Wildman–Crippen MR) is 142 cm³/mol. The lowest BCUT2D eigenvalue weighted by Crippen LogP contribution is -2.30. The molecule has 0 radical (unpaired) electrons. The van der Waals surface area contributed by atoms with Gasteiger partial charge in [0.25, 0.3) is 11.8 Å². The average molecular weight is 562 g/mol. The van der Waals surface area contributed by atoms with E-state index < -0.39 is 18.6 Å². The van der Waals surface area contributed by atoms with E-state index in [1.54, 1.807) is 29.6 Å². The van der Waals surface area contributed by atoms with Gasteiger partial charge < -0.3 is 20.1 Å². The molecule has 200 valence electrons.